The molecule has 2 aliphatic heterocycles. The molecule has 4 rings (SSSR count). The Bertz CT molecular complexity index is 841. The van der Waals surface area contributed by atoms with Gasteiger partial charge in [0.05, 0.1) is 0 Å². The van der Waals surface area contributed by atoms with Crippen molar-refractivity contribution in [2.75, 3.05) is 6.54 Å². The van der Waals surface area contributed by atoms with Crippen LogP contribution in [0.15, 0.2) is 48.5 Å². The van der Waals surface area contributed by atoms with Gasteiger partial charge in [0.15, 0.2) is 0 Å². The highest BCUT2D eigenvalue weighted by Crippen LogP contribution is 2.36. The zero-order valence-corrected chi connectivity index (χ0v) is 13.5. The van der Waals surface area contributed by atoms with E-state index in [1.54, 1.807) is 0 Å². The molecule has 0 fully saturated rings. The predicted octanol–water partition coefficient (Wildman–Crippen LogP) is 3.36. The average Bonchev–Trinajstić information content (AvgIpc) is 2.96. The molecule has 4 heteroatoms. The van der Waals surface area contributed by atoms with E-state index in [4.69, 9.17) is 0 Å². The number of carbonyl (C=O) groups excluding carboxylic acids is 1. The van der Waals surface area contributed by atoms with Crippen molar-refractivity contribution in [3.63, 3.8) is 0 Å². The van der Waals surface area contributed by atoms with E-state index in [1.807, 2.05) is 24.3 Å². The van der Waals surface area contributed by atoms with Crippen LogP contribution in [0.5, 0.6) is 0 Å². The highest BCUT2D eigenvalue weighted by Gasteiger charge is 2.30. The number of nitrogens with one attached hydrogen (secondary N) is 2. The van der Waals surface area contributed by atoms with Crippen LogP contribution in [0.1, 0.15) is 40.4 Å². The summed E-state index contributed by atoms with van der Waals surface area (Å²) in [5.74, 6) is -0.211. The zero-order valence-electron chi connectivity index (χ0n) is 13.5. The first-order valence-electron chi connectivity index (χ1n) is 8.17. The van der Waals surface area contributed by atoms with Crippen molar-refractivity contribution in [3.05, 3.63) is 76.6 Å². The van der Waals surface area contributed by atoms with Crippen LogP contribution in [0.4, 0.5) is 4.39 Å². The number of hydrogen-bond donors (Lipinski definition) is 2. The third kappa shape index (κ3) is 2.53. The monoisotopic (exact) mass is 322 g/mol. The maximum Gasteiger partial charge on any atom is 0.251 e. The molecule has 24 heavy (non-hydrogen) atoms. The van der Waals surface area contributed by atoms with E-state index < -0.39 is 0 Å². The molecule has 2 aromatic carbocycles. The number of fused-ring (bicyclic) bond motifs is 1. The van der Waals surface area contributed by atoms with Gasteiger partial charge in [-0.3, -0.25) is 4.79 Å². The summed E-state index contributed by atoms with van der Waals surface area (Å²) >= 11 is 0. The van der Waals surface area contributed by atoms with Crippen LogP contribution >= 0.6 is 0 Å². The van der Waals surface area contributed by atoms with E-state index in [-0.39, 0.29) is 17.3 Å². The summed E-state index contributed by atoms with van der Waals surface area (Å²) in [6, 6.07) is 12.7. The van der Waals surface area contributed by atoms with Crippen molar-refractivity contribution < 1.29 is 9.18 Å². The number of carbonyl (C=O) groups is 1. The van der Waals surface area contributed by atoms with Crippen molar-refractivity contribution in [3.8, 4) is 0 Å². The summed E-state index contributed by atoms with van der Waals surface area (Å²) in [5, 5.41) is 6.38. The summed E-state index contributed by atoms with van der Waals surface area (Å²) in [4.78, 5) is 11.7. The predicted molar refractivity (Wildman–Crippen MR) is 92.0 cm³/mol. The van der Waals surface area contributed by atoms with Gasteiger partial charge in [0.1, 0.15) is 5.82 Å². The fourth-order valence-electron chi connectivity index (χ4n) is 3.59. The van der Waals surface area contributed by atoms with Gasteiger partial charge < -0.3 is 10.6 Å². The van der Waals surface area contributed by atoms with Gasteiger partial charge in [-0.15, -0.1) is 0 Å². The standard InChI is InChI=1S/C20H19FN2O/c1-20(16-3-5-17(21)6-4-16)11-14(8-9-23-20)13-2-7-18-15(10-13)12-22-19(18)24/h2-8,10,23H,9,11-12H2,1H3,(H,22,24). The Balaban J connectivity index is 1.64. The van der Waals surface area contributed by atoms with Crippen molar-refractivity contribution >= 4 is 11.5 Å². The lowest BCUT2D eigenvalue weighted by Gasteiger charge is -2.36. The Hall–Kier alpha value is -2.46. The molecule has 0 radical (unpaired) electrons. The first-order chi connectivity index (χ1) is 11.5. The van der Waals surface area contributed by atoms with Crippen molar-refractivity contribution in [1.82, 2.24) is 10.6 Å². The molecule has 0 saturated heterocycles. The smallest absolute Gasteiger partial charge is 0.251 e. The van der Waals surface area contributed by atoms with Crippen LogP contribution in [-0.2, 0) is 12.1 Å². The molecule has 1 atom stereocenters. The third-order valence-corrected chi connectivity index (χ3v) is 5.03. The van der Waals surface area contributed by atoms with E-state index in [0.29, 0.717) is 6.54 Å². The Kier molecular flexibility index (Phi) is 3.50. The van der Waals surface area contributed by atoms with Gasteiger partial charge in [-0.25, -0.2) is 4.39 Å². The summed E-state index contributed by atoms with van der Waals surface area (Å²) < 4.78 is 13.2. The molecule has 0 spiro atoms. The minimum absolute atomic E-state index is 0.00647. The second-order valence-electron chi connectivity index (χ2n) is 6.68. The second-order valence-corrected chi connectivity index (χ2v) is 6.68. The minimum atomic E-state index is -0.231. The molecule has 3 nitrogen and oxygen atoms in total. The summed E-state index contributed by atoms with van der Waals surface area (Å²) in [7, 11) is 0. The van der Waals surface area contributed by atoms with Gasteiger partial charge in [-0.1, -0.05) is 24.3 Å². The highest BCUT2D eigenvalue weighted by molar-refractivity contribution is 5.98. The van der Waals surface area contributed by atoms with E-state index in [0.717, 1.165) is 35.2 Å². The largest absolute Gasteiger partial charge is 0.348 e. The first kappa shape index (κ1) is 15.1. The zero-order chi connectivity index (χ0) is 16.7. The maximum absolute atomic E-state index is 13.2. The molecule has 0 saturated carbocycles. The van der Waals surface area contributed by atoms with E-state index >= 15 is 0 Å². The van der Waals surface area contributed by atoms with Crippen LogP contribution < -0.4 is 10.6 Å². The average molecular weight is 322 g/mol. The molecule has 1 amide bonds. The normalized spacial score (nSPS) is 22.8. The molecule has 2 aromatic rings. The molecular weight excluding hydrogens is 303 g/mol. The molecule has 0 bridgehead atoms. The van der Waals surface area contributed by atoms with E-state index in [2.05, 4.69) is 29.7 Å². The van der Waals surface area contributed by atoms with Crippen LogP contribution in [0, 0.1) is 5.82 Å². The fraction of sp³-hybridized carbons (Fsp3) is 0.250. The number of halogens is 1. The summed E-state index contributed by atoms with van der Waals surface area (Å²) in [5.41, 5.74) is 5.08. The molecule has 122 valence electrons. The fourth-order valence-corrected chi connectivity index (χ4v) is 3.59. The molecule has 0 aliphatic carbocycles. The van der Waals surface area contributed by atoms with Gasteiger partial charge >= 0.3 is 0 Å². The number of rotatable bonds is 2. The van der Waals surface area contributed by atoms with Gasteiger partial charge in [-0.05, 0) is 59.9 Å². The first-order valence-corrected chi connectivity index (χ1v) is 8.17. The molecule has 1 unspecified atom stereocenters. The van der Waals surface area contributed by atoms with Gasteiger partial charge in [0, 0.05) is 24.2 Å². The van der Waals surface area contributed by atoms with Crippen molar-refractivity contribution in [2.45, 2.75) is 25.4 Å². The Morgan fingerprint density at radius 3 is 2.71 bits per heavy atom. The molecule has 2 aliphatic rings. The summed E-state index contributed by atoms with van der Waals surface area (Å²) in [6.07, 6.45) is 3.01. The number of benzene rings is 2. The van der Waals surface area contributed by atoms with E-state index in [9.17, 15) is 9.18 Å². The quantitative estimate of drug-likeness (QED) is 0.890. The van der Waals surface area contributed by atoms with Crippen molar-refractivity contribution in [2.24, 2.45) is 0 Å². The third-order valence-electron chi connectivity index (χ3n) is 5.03. The van der Waals surface area contributed by atoms with Crippen LogP contribution in [-0.4, -0.2) is 12.5 Å². The highest BCUT2D eigenvalue weighted by atomic mass is 19.1. The number of hydrogen-bond acceptors (Lipinski definition) is 2. The lowest BCUT2D eigenvalue weighted by molar-refractivity contribution is 0.0966. The Morgan fingerprint density at radius 2 is 1.92 bits per heavy atom. The van der Waals surface area contributed by atoms with E-state index in [1.165, 1.54) is 17.7 Å². The van der Waals surface area contributed by atoms with Gasteiger partial charge in [0.2, 0.25) is 0 Å². The topological polar surface area (TPSA) is 41.1 Å². The van der Waals surface area contributed by atoms with Crippen molar-refractivity contribution in [1.29, 1.82) is 0 Å². The summed E-state index contributed by atoms with van der Waals surface area (Å²) in [6.45, 7) is 3.51. The van der Waals surface area contributed by atoms with Gasteiger partial charge in [0.25, 0.3) is 5.91 Å². The van der Waals surface area contributed by atoms with Gasteiger partial charge in [-0.2, -0.15) is 0 Å². The molecule has 2 N–H and O–H groups in total. The van der Waals surface area contributed by atoms with Crippen LogP contribution in [0.2, 0.25) is 0 Å². The Morgan fingerprint density at radius 1 is 1.12 bits per heavy atom. The van der Waals surface area contributed by atoms with Crippen LogP contribution in [0.25, 0.3) is 5.57 Å². The molecule has 0 aromatic heterocycles. The lowest BCUT2D eigenvalue weighted by atomic mass is 9.81. The lowest BCUT2D eigenvalue weighted by Crippen LogP contribution is -2.42. The Labute approximate surface area is 140 Å². The van der Waals surface area contributed by atoms with Crippen LogP contribution in [0.3, 0.4) is 0 Å². The number of amides is 1. The second kappa shape index (κ2) is 5.56. The molecule has 2 heterocycles. The maximum atomic E-state index is 13.2. The molecular formula is C20H19FN2O. The minimum Gasteiger partial charge on any atom is -0.348 e. The SMILES string of the molecule is CC1(c2ccc(F)cc2)CC(c2ccc3c(c2)CNC3=O)=CCN1.